The molecule has 0 aliphatic carbocycles. The molecule has 174 valence electrons. The average molecular weight is 431 g/mol. The number of aliphatic carboxylic acids is 1. The molecule has 0 unspecified atom stereocenters. The van der Waals surface area contributed by atoms with Crippen LogP contribution in [0.25, 0.3) is 0 Å². The summed E-state index contributed by atoms with van der Waals surface area (Å²) in [5, 5.41) is 26.2. The number of hydrogen-bond acceptors (Lipinski definition) is 6. The first-order valence-corrected chi connectivity index (χ1v) is 10.3. The summed E-state index contributed by atoms with van der Waals surface area (Å²) in [5.74, 6) is -3.28. The topological polar surface area (TPSA) is 171 Å². The van der Waals surface area contributed by atoms with Gasteiger partial charge in [-0.1, -0.05) is 41.5 Å². The zero-order chi connectivity index (χ0) is 23.6. The van der Waals surface area contributed by atoms with Crippen LogP contribution in [0, 0.1) is 17.8 Å². The Morgan fingerprint density at radius 2 is 1.27 bits per heavy atom. The Labute approximate surface area is 178 Å². The molecule has 0 aliphatic rings. The van der Waals surface area contributed by atoms with Crippen LogP contribution in [0.15, 0.2) is 0 Å². The molecule has 0 aromatic carbocycles. The molecule has 7 N–H and O–H groups in total. The van der Waals surface area contributed by atoms with Crippen LogP contribution in [0.3, 0.4) is 0 Å². The van der Waals surface area contributed by atoms with Crippen molar-refractivity contribution in [1.29, 1.82) is 0 Å². The fraction of sp³-hybridized carbons (Fsp3) is 0.800. The van der Waals surface area contributed by atoms with Gasteiger partial charge in [0, 0.05) is 0 Å². The monoisotopic (exact) mass is 430 g/mol. The van der Waals surface area contributed by atoms with Gasteiger partial charge >= 0.3 is 5.97 Å². The lowest BCUT2D eigenvalue weighted by molar-refractivity contribution is -0.143. The van der Waals surface area contributed by atoms with Crippen LogP contribution >= 0.6 is 0 Å². The van der Waals surface area contributed by atoms with Gasteiger partial charge in [0.25, 0.3) is 0 Å². The van der Waals surface area contributed by atoms with Gasteiger partial charge in [-0.3, -0.25) is 14.4 Å². The fourth-order valence-corrected chi connectivity index (χ4v) is 2.83. The Balaban J connectivity index is 5.17. The van der Waals surface area contributed by atoms with Gasteiger partial charge in [0.05, 0.1) is 12.6 Å². The van der Waals surface area contributed by atoms with Crippen LogP contribution in [-0.2, 0) is 19.2 Å². The molecule has 0 aromatic rings. The number of aliphatic hydroxyl groups is 1. The molecule has 0 aliphatic heterocycles. The summed E-state index contributed by atoms with van der Waals surface area (Å²) >= 11 is 0. The van der Waals surface area contributed by atoms with Gasteiger partial charge in [0.1, 0.15) is 18.1 Å². The van der Waals surface area contributed by atoms with Crippen molar-refractivity contribution in [2.75, 3.05) is 6.61 Å². The Morgan fingerprint density at radius 3 is 1.67 bits per heavy atom. The molecule has 0 saturated heterocycles. The van der Waals surface area contributed by atoms with Crippen molar-refractivity contribution >= 4 is 23.7 Å². The second kappa shape index (κ2) is 13.2. The van der Waals surface area contributed by atoms with E-state index >= 15 is 0 Å². The van der Waals surface area contributed by atoms with E-state index in [1.54, 1.807) is 13.8 Å². The normalized spacial score (nSPS) is 15.4. The minimum absolute atomic E-state index is 0.0440. The second-order valence-corrected chi connectivity index (χ2v) is 8.74. The van der Waals surface area contributed by atoms with Crippen LogP contribution in [-0.4, -0.2) is 64.7 Å². The maximum absolute atomic E-state index is 12.6. The molecule has 30 heavy (non-hydrogen) atoms. The maximum atomic E-state index is 12.6. The van der Waals surface area contributed by atoms with E-state index in [2.05, 4.69) is 16.0 Å². The van der Waals surface area contributed by atoms with Crippen LogP contribution in [0.2, 0.25) is 0 Å². The quantitative estimate of drug-likeness (QED) is 0.231. The largest absolute Gasteiger partial charge is 0.480 e. The third-order valence-corrected chi connectivity index (χ3v) is 4.45. The molecular weight excluding hydrogens is 392 g/mol. The minimum Gasteiger partial charge on any atom is -0.480 e. The van der Waals surface area contributed by atoms with Crippen LogP contribution < -0.4 is 21.7 Å². The summed E-state index contributed by atoms with van der Waals surface area (Å²) in [6.45, 7) is 10.2. The number of carbonyl (C=O) groups is 4. The molecule has 3 amide bonds. The van der Waals surface area contributed by atoms with Gasteiger partial charge in [-0.25, -0.2) is 4.79 Å². The number of rotatable bonds is 13. The summed E-state index contributed by atoms with van der Waals surface area (Å²) < 4.78 is 0. The van der Waals surface area contributed by atoms with Crippen molar-refractivity contribution in [3.8, 4) is 0 Å². The lowest BCUT2D eigenvalue weighted by atomic mass is 10.00. The zero-order valence-corrected chi connectivity index (χ0v) is 18.8. The summed E-state index contributed by atoms with van der Waals surface area (Å²) in [7, 11) is 0. The zero-order valence-electron chi connectivity index (χ0n) is 18.8. The van der Waals surface area contributed by atoms with Crippen LogP contribution in [0.1, 0.15) is 54.4 Å². The van der Waals surface area contributed by atoms with Gasteiger partial charge < -0.3 is 31.9 Å². The lowest BCUT2D eigenvalue weighted by Gasteiger charge is -2.27. The standard InChI is InChI=1S/C20H38N4O6/c1-10(2)7-13(21)17(26)23-15(9-25)18(27)24-16(12(5)6)19(28)22-14(20(29)30)8-11(3)4/h10-16,25H,7-9,21H2,1-6H3,(H,22,28)(H,23,26)(H,24,27)(H,29,30)/t13-,14-,15-,16-/m0/s1. The smallest absolute Gasteiger partial charge is 0.326 e. The summed E-state index contributed by atoms with van der Waals surface area (Å²) in [6.07, 6.45) is 0.651. The van der Waals surface area contributed by atoms with E-state index in [0.29, 0.717) is 6.42 Å². The first-order chi connectivity index (χ1) is 13.8. The molecule has 10 nitrogen and oxygen atoms in total. The predicted molar refractivity (Wildman–Crippen MR) is 112 cm³/mol. The highest BCUT2D eigenvalue weighted by molar-refractivity contribution is 5.94. The first-order valence-electron chi connectivity index (χ1n) is 10.3. The Kier molecular flexibility index (Phi) is 12.2. The third-order valence-electron chi connectivity index (χ3n) is 4.45. The van der Waals surface area contributed by atoms with Crippen LogP contribution in [0.4, 0.5) is 0 Å². The van der Waals surface area contributed by atoms with Gasteiger partial charge in [0.15, 0.2) is 0 Å². The number of carboxylic acids is 1. The minimum atomic E-state index is -1.28. The van der Waals surface area contributed by atoms with Crippen molar-refractivity contribution in [3.05, 3.63) is 0 Å². The third kappa shape index (κ3) is 10.0. The van der Waals surface area contributed by atoms with E-state index in [0.717, 1.165) is 0 Å². The average Bonchev–Trinajstić information content (AvgIpc) is 2.61. The van der Waals surface area contributed by atoms with E-state index in [1.165, 1.54) is 0 Å². The number of carbonyl (C=O) groups excluding carboxylic acids is 3. The molecular formula is C20H38N4O6. The second-order valence-electron chi connectivity index (χ2n) is 8.74. The fourth-order valence-electron chi connectivity index (χ4n) is 2.83. The molecule has 0 spiro atoms. The molecule has 10 heteroatoms. The summed E-state index contributed by atoms with van der Waals surface area (Å²) in [5.41, 5.74) is 5.80. The van der Waals surface area contributed by atoms with Crippen molar-refractivity contribution in [1.82, 2.24) is 16.0 Å². The number of amides is 3. The molecule has 0 fully saturated rings. The van der Waals surface area contributed by atoms with E-state index in [-0.39, 0.29) is 24.2 Å². The maximum Gasteiger partial charge on any atom is 0.326 e. The van der Waals surface area contributed by atoms with Gasteiger partial charge in [-0.15, -0.1) is 0 Å². The van der Waals surface area contributed by atoms with Crippen molar-refractivity contribution < 1.29 is 29.4 Å². The Bertz CT molecular complexity index is 594. The van der Waals surface area contributed by atoms with E-state index in [4.69, 9.17) is 5.73 Å². The molecule has 0 heterocycles. The number of carboxylic acid groups (broad SMARTS) is 1. The molecule has 0 rings (SSSR count). The van der Waals surface area contributed by atoms with Crippen molar-refractivity contribution in [3.63, 3.8) is 0 Å². The highest BCUT2D eigenvalue weighted by Crippen LogP contribution is 2.08. The molecule has 4 atom stereocenters. The van der Waals surface area contributed by atoms with E-state index < -0.39 is 54.5 Å². The van der Waals surface area contributed by atoms with Gasteiger partial charge in [-0.2, -0.15) is 0 Å². The number of aliphatic hydroxyl groups excluding tert-OH is 1. The summed E-state index contributed by atoms with van der Waals surface area (Å²) in [4.78, 5) is 48.7. The number of nitrogens with two attached hydrogens (primary N) is 1. The van der Waals surface area contributed by atoms with Crippen molar-refractivity contribution in [2.24, 2.45) is 23.5 Å². The van der Waals surface area contributed by atoms with E-state index in [9.17, 15) is 29.4 Å². The van der Waals surface area contributed by atoms with E-state index in [1.807, 2.05) is 27.7 Å². The number of nitrogens with one attached hydrogen (secondary N) is 3. The number of hydrogen-bond donors (Lipinski definition) is 6. The predicted octanol–water partition coefficient (Wildman–Crippen LogP) is -0.407. The molecule has 0 bridgehead atoms. The molecule has 0 radical (unpaired) electrons. The highest BCUT2D eigenvalue weighted by Gasteiger charge is 2.31. The van der Waals surface area contributed by atoms with Crippen LogP contribution in [0.5, 0.6) is 0 Å². The SMILES string of the molecule is CC(C)C[C@H](NC(=O)[C@@H](NC(=O)[C@H](CO)NC(=O)[C@@H](N)CC(C)C)C(C)C)C(=O)O. The Hall–Kier alpha value is -2.20. The lowest BCUT2D eigenvalue weighted by Crippen LogP contribution is -2.59. The van der Waals surface area contributed by atoms with Gasteiger partial charge in [0.2, 0.25) is 17.7 Å². The first kappa shape index (κ1) is 27.8. The highest BCUT2D eigenvalue weighted by atomic mass is 16.4. The summed E-state index contributed by atoms with van der Waals surface area (Å²) in [6, 6.07) is -4.24. The molecule has 0 aromatic heterocycles. The van der Waals surface area contributed by atoms with Crippen molar-refractivity contribution in [2.45, 2.75) is 78.6 Å². The molecule has 0 saturated carbocycles. The van der Waals surface area contributed by atoms with Gasteiger partial charge in [-0.05, 0) is 30.6 Å². The Morgan fingerprint density at radius 1 is 0.767 bits per heavy atom.